The number of carbonyl (C=O) groups is 1. The van der Waals surface area contributed by atoms with Gasteiger partial charge in [-0.15, -0.1) is 0 Å². The molecule has 1 aromatic carbocycles. The van der Waals surface area contributed by atoms with Crippen molar-refractivity contribution in [2.24, 2.45) is 0 Å². The highest BCUT2D eigenvalue weighted by molar-refractivity contribution is 5.95. The first kappa shape index (κ1) is 12.5. The van der Waals surface area contributed by atoms with Crippen molar-refractivity contribution in [2.75, 3.05) is 12.3 Å². The number of benzene rings is 1. The van der Waals surface area contributed by atoms with Crippen LogP contribution in [0.2, 0.25) is 0 Å². The molecule has 4 nitrogen and oxygen atoms in total. The fraction of sp³-hybridized carbons (Fsp3) is 0.357. The minimum atomic E-state index is -0.100. The zero-order chi connectivity index (χ0) is 13.0. The topological polar surface area (TPSA) is 64.3 Å². The number of ether oxygens (including phenoxy) is 1. The normalized spacial score (nSPS) is 14.7. The number of nitrogens with one attached hydrogen (secondary N) is 1. The van der Waals surface area contributed by atoms with Gasteiger partial charge < -0.3 is 15.8 Å². The van der Waals surface area contributed by atoms with Gasteiger partial charge in [-0.05, 0) is 31.9 Å². The van der Waals surface area contributed by atoms with E-state index < -0.39 is 0 Å². The molecule has 0 unspecified atom stereocenters. The van der Waals surface area contributed by atoms with Gasteiger partial charge in [0.1, 0.15) is 5.75 Å². The number of nitrogen functional groups attached to an aromatic ring is 1. The molecule has 0 bridgehead atoms. The van der Waals surface area contributed by atoms with Crippen molar-refractivity contribution in [1.29, 1.82) is 0 Å². The maximum Gasteiger partial charge on any atom is 0.251 e. The molecule has 0 saturated carbocycles. The lowest BCUT2D eigenvalue weighted by Gasteiger charge is -2.13. The first-order chi connectivity index (χ1) is 8.69. The van der Waals surface area contributed by atoms with Gasteiger partial charge in [0.15, 0.2) is 0 Å². The minimum absolute atomic E-state index is 0.100. The average Bonchev–Trinajstić information content (AvgIpc) is 2.81. The molecule has 1 aliphatic rings. The molecule has 0 saturated heterocycles. The predicted molar refractivity (Wildman–Crippen MR) is 71.7 cm³/mol. The molecule has 1 aliphatic carbocycles. The van der Waals surface area contributed by atoms with Crippen molar-refractivity contribution < 1.29 is 9.53 Å². The highest BCUT2D eigenvalue weighted by atomic mass is 16.5. The number of carbonyl (C=O) groups excluding carboxylic acids is 1. The fourth-order valence-electron chi connectivity index (χ4n) is 2.01. The van der Waals surface area contributed by atoms with Gasteiger partial charge in [-0.3, -0.25) is 4.79 Å². The van der Waals surface area contributed by atoms with Crippen molar-refractivity contribution in [3.63, 3.8) is 0 Å². The molecule has 96 valence electrons. The molecule has 1 aromatic rings. The summed E-state index contributed by atoms with van der Waals surface area (Å²) < 4.78 is 5.38. The maximum atomic E-state index is 12.1. The van der Waals surface area contributed by atoms with Gasteiger partial charge in [-0.2, -0.15) is 0 Å². The number of rotatable bonds is 4. The third-order valence-electron chi connectivity index (χ3n) is 2.85. The first-order valence-electron chi connectivity index (χ1n) is 6.18. The molecule has 0 fully saturated rings. The molecule has 3 N–H and O–H groups in total. The van der Waals surface area contributed by atoms with Crippen molar-refractivity contribution >= 4 is 11.6 Å². The van der Waals surface area contributed by atoms with Gasteiger partial charge in [0.2, 0.25) is 0 Å². The lowest BCUT2D eigenvalue weighted by atomic mass is 10.1. The average molecular weight is 246 g/mol. The number of hydrogen-bond acceptors (Lipinski definition) is 3. The molecule has 0 heterocycles. The van der Waals surface area contributed by atoms with Crippen molar-refractivity contribution in [1.82, 2.24) is 5.32 Å². The number of amides is 1. The number of hydrogen-bond donors (Lipinski definition) is 2. The Morgan fingerprint density at radius 2 is 2.11 bits per heavy atom. The van der Waals surface area contributed by atoms with Gasteiger partial charge in [-0.1, -0.05) is 12.2 Å². The van der Waals surface area contributed by atoms with E-state index >= 15 is 0 Å². The molecule has 0 radical (unpaired) electrons. The summed E-state index contributed by atoms with van der Waals surface area (Å²) >= 11 is 0. The monoisotopic (exact) mass is 246 g/mol. The van der Waals surface area contributed by atoms with Crippen LogP contribution in [0.3, 0.4) is 0 Å². The Bertz CT molecular complexity index is 461. The second-order valence-corrected chi connectivity index (χ2v) is 4.34. The second kappa shape index (κ2) is 5.58. The van der Waals surface area contributed by atoms with Gasteiger partial charge in [0, 0.05) is 23.4 Å². The van der Waals surface area contributed by atoms with Crippen LogP contribution in [0, 0.1) is 0 Å². The van der Waals surface area contributed by atoms with E-state index in [9.17, 15) is 4.79 Å². The van der Waals surface area contributed by atoms with E-state index in [1.165, 1.54) is 0 Å². The van der Waals surface area contributed by atoms with E-state index in [2.05, 4.69) is 17.5 Å². The highest BCUT2D eigenvalue weighted by Gasteiger charge is 2.15. The maximum absolute atomic E-state index is 12.1. The van der Waals surface area contributed by atoms with Crippen molar-refractivity contribution in [2.45, 2.75) is 25.8 Å². The van der Waals surface area contributed by atoms with E-state index in [0.717, 1.165) is 12.8 Å². The van der Waals surface area contributed by atoms with E-state index in [0.29, 0.717) is 23.6 Å². The van der Waals surface area contributed by atoms with Crippen LogP contribution >= 0.6 is 0 Å². The third-order valence-corrected chi connectivity index (χ3v) is 2.85. The highest BCUT2D eigenvalue weighted by Crippen LogP contribution is 2.19. The third kappa shape index (κ3) is 3.03. The molecular formula is C14H18N2O2. The molecule has 4 heteroatoms. The number of nitrogens with two attached hydrogens (primary N) is 1. The van der Waals surface area contributed by atoms with Gasteiger partial charge >= 0.3 is 0 Å². The summed E-state index contributed by atoms with van der Waals surface area (Å²) in [4.78, 5) is 12.1. The summed E-state index contributed by atoms with van der Waals surface area (Å²) in [6, 6.07) is 5.31. The van der Waals surface area contributed by atoms with Crippen molar-refractivity contribution in [3.8, 4) is 5.75 Å². The summed E-state index contributed by atoms with van der Waals surface area (Å²) in [6.45, 7) is 2.45. The standard InChI is InChI=1S/C14H18N2O2/c1-2-18-13-8-10(7-11(15)9-13)14(17)16-12-5-3-4-6-12/h3-4,7-9,12H,2,5-6,15H2,1H3,(H,16,17). The lowest BCUT2D eigenvalue weighted by molar-refractivity contribution is 0.0938. The van der Waals surface area contributed by atoms with Gasteiger partial charge in [0.05, 0.1) is 6.61 Å². The van der Waals surface area contributed by atoms with Crippen LogP contribution in [0.25, 0.3) is 0 Å². The van der Waals surface area contributed by atoms with Crippen LogP contribution in [-0.4, -0.2) is 18.6 Å². The summed E-state index contributed by atoms with van der Waals surface area (Å²) in [5.41, 5.74) is 6.85. The predicted octanol–water partition coefficient (Wildman–Crippen LogP) is 2.12. The summed E-state index contributed by atoms with van der Waals surface area (Å²) in [5, 5.41) is 2.98. The Balaban J connectivity index is 2.08. The Morgan fingerprint density at radius 1 is 1.39 bits per heavy atom. The van der Waals surface area contributed by atoms with Crippen LogP contribution in [0.5, 0.6) is 5.75 Å². The van der Waals surface area contributed by atoms with Crippen LogP contribution in [-0.2, 0) is 0 Å². The van der Waals surface area contributed by atoms with E-state index in [4.69, 9.17) is 10.5 Å². The zero-order valence-corrected chi connectivity index (χ0v) is 10.5. The molecule has 0 atom stereocenters. The Kier molecular flexibility index (Phi) is 3.87. The smallest absolute Gasteiger partial charge is 0.251 e. The zero-order valence-electron chi connectivity index (χ0n) is 10.5. The molecular weight excluding hydrogens is 228 g/mol. The fourth-order valence-corrected chi connectivity index (χ4v) is 2.01. The van der Waals surface area contributed by atoms with Crippen LogP contribution in [0.1, 0.15) is 30.1 Å². The van der Waals surface area contributed by atoms with E-state index in [1.807, 2.05) is 6.92 Å². The van der Waals surface area contributed by atoms with Crippen LogP contribution < -0.4 is 15.8 Å². The molecule has 18 heavy (non-hydrogen) atoms. The number of anilines is 1. The van der Waals surface area contributed by atoms with E-state index in [1.54, 1.807) is 18.2 Å². The largest absolute Gasteiger partial charge is 0.494 e. The SMILES string of the molecule is CCOc1cc(N)cc(C(=O)NC2CC=CC2)c1. The molecule has 1 amide bonds. The van der Waals surface area contributed by atoms with E-state index in [-0.39, 0.29) is 11.9 Å². The second-order valence-electron chi connectivity index (χ2n) is 4.34. The summed E-state index contributed by atoms with van der Waals surface area (Å²) in [6.07, 6.45) is 5.95. The molecule has 2 rings (SSSR count). The molecule has 0 spiro atoms. The van der Waals surface area contributed by atoms with Gasteiger partial charge in [0.25, 0.3) is 5.91 Å². The summed E-state index contributed by atoms with van der Waals surface area (Å²) in [7, 11) is 0. The van der Waals surface area contributed by atoms with Crippen LogP contribution in [0.15, 0.2) is 30.4 Å². The Hall–Kier alpha value is -1.97. The van der Waals surface area contributed by atoms with Crippen molar-refractivity contribution in [3.05, 3.63) is 35.9 Å². The van der Waals surface area contributed by atoms with Gasteiger partial charge in [-0.25, -0.2) is 0 Å². The Morgan fingerprint density at radius 3 is 2.78 bits per heavy atom. The molecule has 0 aromatic heterocycles. The first-order valence-corrected chi connectivity index (χ1v) is 6.18. The minimum Gasteiger partial charge on any atom is -0.494 e. The quantitative estimate of drug-likeness (QED) is 0.631. The Labute approximate surface area is 107 Å². The van der Waals surface area contributed by atoms with Crippen LogP contribution in [0.4, 0.5) is 5.69 Å². The molecule has 0 aliphatic heterocycles. The lowest BCUT2D eigenvalue weighted by Crippen LogP contribution is -2.32. The summed E-state index contributed by atoms with van der Waals surface area (Å²) in [5.74, 6) is 0.532.